The molecule has 4 heteroatoms. The van der Waals surface area contributed by atoms with Crippen molar-refractivity contribution in [1.29, 1.82) is 0 Å². The molecule has 1 rings (SSSR count). The van der Waals surface area contributed by atoms with Crippen LogP contribution in [-0.4, -0.2) is 7.11 Å². The van der Waals surface area contributed by atoms with Crippen LogP contribution in [0.4, 0.5) is 0 Å². The van der Waals surface area contributed by atoms with Crippen LogP contribution in [0.25, 0.3) is 0 Å². The van der Waals surface area contributed by atoms with Crippen LogP contribution in [0.15, 0.2) is 18.2 Å². The Labute approximate surface area is 82.1 Å². The Balaban J connectivity index is 3.12. The van der Waals surface area contributed by atoms with Gasteiger partial charge in [0.15, 0.2) is 0 Å². The molecular formula is C8H10ClNOS. The average Bonchev–Trinajstić information content (AvgIpc) is 2.04. The number of halogens is 1. The molecule has 0 aliphatic rings. The number of methoxy groups -OCH3 is 1. The van der Waals surface area contributed by atoms with Gasteiger partial charge in [-0.05, 0) is 18.2 Å². The van der Waals surface area contributed by atoms with Gasteiger partial charge in [-0.1, -0.05) is 11.6 Å². The largest absolute Gasteiger partial charge is 0.496 e. The van der Waals surface area contributed by atoms with Crippen molar-refractivity contribution in [3.05, 3.63) is 28.8 Å². The maximum atomic E-state index is 5.77. The van der Waals surface area contributed by atoms with Crippen molar-refractivity contribution in [1.82, 2.24) is 0 Å². The van der Waals surface area contributed by atoms with E-state index in [0.29, 0.717) is 10.8 Å². The Bertz CT molecular complexity index is 278. The zero-order valence-electron chi connectivity index (χ0n) is 6.62. The van der Waals surface area contributed by atoms with Crippen LogP contribution in [0.1, 0.15) is 10.9 Å². The summed E-state index contributed by atoms with van der Waals surface area (Å²) in [6.45, 7) is 0. The highest BCUT2D eigenvalue weighted by atomic mass is 35.5. The lowest BCUT2D eigenvalue weighted by Gasteiger charge is -2.10. The smallest absolute Gasteiger partial charge is 0.124 e. The van der Waals surface area contributed by atoms with Crippen LogP contribution < -0.4 is 10.5 Å². The van der Waals surface area contributed by atoms with Gasteiger partial charge in [-0.15, -0.1) is 0 Å². The van der Waals surface area contributed by atoms with Crippen LogP contribution in [0.5, 0.6) is 5.75 Å². The van der Waals surface area contributed by atoms with Gasteiger partial charge in [0, 0.05) is 10.6 Å². The minimum atomic E-state index is -0.362. The lowest BCUT2D eigenvalue weighted by atomic mass is 10.2. The summed E-state index contributed by atoms with van der Waals surface area (Å²) in [6, 6.07) is 5.27. The van der Waals surface area contributed by atoms with E-state index >= 15 is 0 Å². The molecule has 0 aliphatic carbocycles. The zero-order chi connectivity index (χ0) is 9.14. The first-order valence-corrected chi connectivity index (χ1v) is 4.31. The predicted octanol–water partition coefficient (Wildman–Crippen LogP) is 2.24. The van der Waals surface area contributed by atoms with Crippen LogP contribution in [0.3, 0.4) is 0 Å². The number of nitrogens with two attached hydrogens (primary N) is 1. The van der Waals surface area contributed by atoms with Crippen molar-refractivity contribution in [2.24, 2.45) is 5.73 Å². The first-order chi connectivity index (χ1) is 5.65. The minimum Gasteiger partial charge on any atom is -0.496 e. The molecular weight excluding hydrogens is 194 g/mol. The number of thiol groups is 1. The summed E-state index contributed by atoms with van der Waals surface area (Å²) < 4.78 is 5.07. The van der Waals surface area contributed by atoms with Crippen molar-refractivity contribution in [3.8, 4) is 5.75 Å². The van der Waals surface area contributed by atoms with E-state index in [1.165, 1.54) is 0 Å². The van der Waals surface area contributed by atoms with Gasteiger partial charge < -0.3 is 10.5 Å². The summed E-state index contributed by atoms with van der Waals surface area (Å²) in [4.78, 5) is 0. The number of hydrogen-bond donors (Lipinski definition) is 2. The Morgan fingerprint density at radius 2 is 2.25 bits per heavy atom. The van der Waals surface area contributed by atoms with Gasteiger partial charge in [0.1, 0.15) is 5.75 Å². The van der Waals surface area contributed by atoms with Gasteiger partial charge in [-0.3, -0.25) is 0 Å². The first kappa shape index (κ1) is 9.71. The zero-order valence-corrected chi connectivity index (χ0v) is 8.27. The van der Waals surface area contributed by atoms with Crippen LogP contribution in [0.2, 0.25) is 5.02 Å². The third-order valence-electron chi connectivity index (χ3n) is 1.51. The van der Waals surface area contributed by atoms with Gasteiger partial charge in [0.05, 0.1) is 12.5 Å². The summed E-state index contributed by atoms with van der Waals surface area (Å²) >= 11 is 9.87. The van der Waals surface area contributed by atoms with Crippen molar-refractivity contribution >= 4 is 24.2 Å². The topological polar surface area (TPSA) is 35.2 Å². The van der Waals surface area contributed by atoms with Gasteiger partial charge in [0.25, 0.3) is 0 Å². The van der Waals surface area contributed by atoms with Crippen molar-refractivity contribution in [3.63, 3.8) is 0 Å². The highest BCUT2D eigenvalue weighted by molar-refractivity contribution is 7.80. The van der Waals surface area contributed by atoms with E-state index in [0.717, 1.165) is 5.56 Å². The lowest BCUT2D eigenvalue weighted by Crippen LogP contribution is -2.04. The van der Waals surface area contributed by atoms with Crippen molar-refractivity contribution < 1.29 is 4.74 Å². The molecule has 0 heterocycles. The Morgan fingerprint density at radius 3 is 2.75 bits per heavy atom. The summed E-state index contributed by atoms with van der Waals surface area (Å²) in [5.41, 5.74) is 6.38. The maximum Gasteiger partial charge on any atom is 0.124 e. The van der Waals surface area contributed by atoms with Gasteiger partial charge in [-0.25, -0.2) is 0 Å². The normalized spacial score (nSPS) is 12.7. The fraction of sp³-hybridized carbons (Fsp3) is 0.250. The van der Waals surface area contributed by atoms with Gasteiger partial charge in [-0.2, -0.15) is 12.6 Å². The van der Waals surface area contributed by atoms with E-state index in [4.69, 9.17) is 22.1 Å². The van der Waals surface area contributed by atoms with Crippen molar-refractivity contribution in [2.45, 2.75) is 5.37 Å². The number of benzene rings is 1. The van der Waals surface area contributed by atoms with Crippen LogP contribution >= 0.6 is 24.2 Å². The average molecular weight is 204 g/mol. The monoisotopic (exact) mass is 203 g/mol. The van der Waals surface area contributed by atoms with E-state index in [1.54, 1.807) is 25.3 Å². The third-order valence-corrected chi connectivity index (χ3v) is 2.02. The van der Waals surface area contributed by atoms with Crippen LogP contribution in [0, 0.1) is 0 Å². The van der Waals surface area contributed by atoms with Gasteiger partial charge >= 0.3 is 0 Å². The summed E-state index contributed by atoms with van der Waals surface area (Å²) in [5, 5.41) is 0.272. The molecule has 0 saturated heterocycles. The standard InChI is InChI=1S/C8H10ClNOS/c1-11-7-3-2-5(9)4-6(7)8(10)12/h2-4,8,12H,10H2,1H3. The Morgan fingerprint density at radius 1 is 1.58 bits per heavy atom. The predicted molar refractivity (Wildman–Crippen MR) is 53.9 cm³/mol. The SMILES string of the molecule is COc1ccc(Cl)cc1C(N)S. The fourth-order valence-electron chi connectivity index (χ4n) is 0.936. The van der Waals surface area contributed by atoms with Crippen molar-refractivity contribution in [2.75, 3.05) is 7.11 Å². The van der Waals surface area contributed by atoms with E-state index < -0.39 is 0 Å². The molecule has 0 fully saturated rings. The van der Waals surface area contributed by atoms with E-state index in [1.807, 2.05) is 0 Å². The Hall–Kier alpha value is -0.380. The molecule has 1 unspecified atom stereocenters. The van der Waals surface area contributed by atoms with E-state index in [9.17, 15) is 0 Å². The molecule has 2 nitrogen and oxygen atoms in total. The molecule has 0 aliphatic heterocycles. The summed E-state index contributed by atoms with van der Waals surface area (Å²) in [6.07, 6.45) is 0. The van der Waals surface area contributed by atoms with Gasteiger partial charge in [0.2, 0.25) is 0 Å². The molecule has 0 amide bonds. The molecule has 2 N–H and O–H groups in total. The Kier molecular flexibility index (Phi) is 3.26. The van der Waals surface area contributed by atoms with E-state index in [-0.39, 0.29) is 5.37 Å². The second-order valence-corrected chi connectivity index (χ2v) is 3.32. The molecule has 0 aromatic heterocycles. The third kappa shape index (κ3) is 2.06. The number of ether oxygens (including phenoxy) is 1. The molecule has 1 aromatic rings. The number of hydrogen-bond acceptors (Lipinski definition) is 3. The molecule has 1 aromatic carbocycles. The molecule has 0 radical (unpaired) electrons. The second kappa shape index (κ2) is 4.03. The molecule has 0 saturated carbocycles. The molecule has 0 bridgehead atoms. The van der Waals surface area contributed by atoms with E-state index in [2.05, 4.69) is 12.6 Å². The quantitative estimate of drug-likeness (QED) is 0.571. The highest BCUT2D eigenvalue weighted by Gasteiger charge is 2.07. The molecule has 66 valence electrons. The fourth-order valence-corrected chi connectivity index (χ4v) is 1.32. The molecule has 12 heavy (non-hydrogen) atoms. The molecule has 0 spiro atoms. The molecule has 1 atom stereocenters. The van der Waals surface area contributed by atoms with Crippen LogP contribution in [-0.2, 0) is 0 Å². The summed E-state index contributed by atoms with van der Waals surface area (Å²) in [5.74, 6) is 0.710. The summed E-state index contributed by atoms with van der Waals surface area (Å²) in [7, 11) is 1.59. The second-order valence-electron chi connectivity index (χ2n) is 2.33. The minimum absolute atomic E-state index is 0.362. The number of rotatable bonds is 2. The maximum absolute atomic E-state index is 5.77. The lowest BCUT2D eigenvalue weighted by molar-refractivity contribution is 0.409. The first-order valence-electron chi connectivity index (χ1n) is 3.42. The highest BCUT2D eigenvalue weighted by Crippen LogP contribution is 2.28.